The van der Waals surface area contributed by atoms with E-state index < -0.39 is 5.60 Å². The van der Waals surface area contributed by atoms with Gasteiger partial charge in [0.1, 0.15) is 0 Å². The zero-order valence-corrected chi connectivity index (χ0v) is 14.2. The number of hydrogen-bond donors (Lipinski definition) is 2. The van der Waals surface area contributed by atoms with Crippen molar-refractivity contribution < 1.29 is 5.11 Å². The van der Waals surface area contributed by atoms with Gasteiger partial charge in [-0.15, -0.1) is 0 Å². The van der Waals surface area contributed by atoms with E-state index in [-0.39, 0.29) is 6.04 Å². The van der Waals surface area contributed by atoms with Crippen LogP contribution in [-0.2, 0) is 0 Å². The number of rotatable bonds is 6. The van der Waals surface area contributed by atoms with E-state index in [1.807, 2.05) is 51.0 Å². The fourth-order valence-corrected chi connectivity index (χ4v) is 2.91. The maximum atomic E-state index is 10.2. The molecule has 0 saturated carbocycles. The Morgan fingerprint density at radius 2 is 2.11 bits per heavy atom. The van der Waals surface area contributed by atoms with Gasteiger partial charge in [-0.25, -0.2) is 0 Å². The van der Waals surface area contributed by atoms with Crippen LogP contribution in [0.5, 0.6) is 0 Å². The third-order valence-corrected chi connectivity index (χ3v) is 3.70. The zero-order chi connectivity index (χ0) is 14.6. The first kappa shape index (κ1) is 16.9. The highest BCUT2D eigenvalue weighted by atomic mass is 79.9. The molecule has 0 aliphatic rings. The summed E-state index contributed by atoms with van der Waals surface area (Å²) in [5.74, 6) is 0. The molecule has 0 aromatic heterocycles. The van der Waals surface area contributed by atoms with Gasteiger partial charge in [-0.1, -0.05) is 33.6 Å². The Kier molecular flexibility index (Phi) is 6.27. The lowest BCUT2D eigenvalue weighted by atomic mass is 10.0. The van der Waals surface area contributed by atoms with E-state index in [1.165, 1.54) is 0 Å². The molecule has 0 heterocycles. The van der Waals surface area contributed by atoms with E-state index in [1.54, 1.807) is 0 Å². The van der Waals surface area contributed by atoms with Crippen LogP contribution in [0.4, 0.5) is 0 Å². The first-order chi connectivity index (χ1) is 8.71. The average molecular weight is 350 g/mol. The quantitative estimate of drug-likeness (QED) is 0.828. The molecule has 1 aromatic rings. The molecule has 0 spiro atoms. The first-order valence-electron chi connectivity index (χ1n) is 6.27. The SMILES string of the molecule is CC(NCC(C)(O)CN(C)C)c1ccc(Br)cc1Cl. The minimum absolute atomic E-state index is 0.0919. The maximum Gasteiger partial charge on any atom is 0.0869 e. The minimum Gasteiger partial charge on any atom is -0.388 e. The average Bonchev–Trinajstić information content (AvgIpc) is 2.24. The Morgan fingerprint density at radius 1 is 1.47 bits per heavy atom. The summed E-state index contributed by atoms with van der Waals surface area (Å²) in [6.45, 7) is 5.00. The van der Waals surface area contributed by atoms with Crippen LogP contribution in [0.2, 0.25) is 5.02 Å². The molecular formula is C14H22BrClN2O. The van der Waals surface area contributed by atoms with Crippen molar-refractivity contribution in [1.29, 1.82) is 0 Å². The minimum atomic E-state index is -0.764. The molecule has 0 radical (unpaired) electrons. The fourth-order valence-electron chi connectivity index (χ4n) is 2.07. The van der Waals surface area contributed by atoms with Crippen LogP contribution < -0.4 is 5.32 Å². The summed E-state index contributed by atoms with van der Waals surface area (Å²) < 4.78 is 0.966. The molecule has 1 aromatic carbocycles. The van der Waals surface area contributed by atoms with E-state index in [2.05, 4.69) is 21.2 Å². The summed E-state index contributed by atoms with van der Waals surface area (Å²) in [5, 5.41) is 14.3. The molecule has 2 N–H and O–H groups in total. The smallest absolute Gasteiger partial charge is 0.0869 e. The molecule has 1 rings (SSSR count). The molecule has 0 bridgehead atoms. The normalized spacial score (nSPS) is 16.4. The van der Waals surface area contributed by atoms with Crippen molar-refractivity contribution in [2.45, 2.75) is 25.5 Å². The Balaban J connectivity index is 2.62. The molecule has 19 heavy (non-hydrogen) atoms. The Bertz CT molecular complexity index is 424. The van der Waals surface area contributed by atoms with Crippen LogP contribution in [-0.4, -0.2) is 42.8 Å². The van der Waals surface area contributed by atoms with Crippen LogP contribution >= 0.6 is 27.5 Å². The standard InChI is InChI=1S/C14H22BrClN2O/c1-10(12-6-5-11(15)7-13(12)16)17-8-14(2,19)9-18(3)4/h5-7,10,17,19H,8-9H2,1-4H3. The van der Waals surface area contributed by atoms with Gasteiger partial charge in [0.25, 0.3) is 0 Å². The molecule has 0 amide bonds. The molecule has 3 nitrogen and oxygen atoms in total. The predicted molar refractivity (Wildman–Crippen MR) is 84.7 cm³/mol. The van der Waals surface area contributed by atoms with Crippen molar-refractivity contribution >= 4 is 27.5 Å². The number of aliphatic hydroxyl groups is 1. The zero-order valence-electron chi connectivity index (χ0n) is 11.9. The highest BCUT2D eigenvalue weighted by molar-refractivity contribution is 9.10. The van der Waals surface area contributed by atoms with Crippen molar-refractivity contribution in [3.05, 3.63) is 33.3 Å². The third kappa shape index (κ3) is 5.79. The molecule has 108 valence electrons. The van der Waals surface area contributed by atoms with E-state index in [9.17, 15) is 5.11 Å². The summed E-state index contributed by atoms with van der Waals surface area (Å²) in [6, 6.07) is 5.93. The second-order valence-electron chi connectivity index (χ2n) is 5.50. The van der Waals surface area contributed by atoms with Gasteiger partial charge in [0, 0.05) is 28.6 Å². The number of hydrogen-bond acceptors (Lipinski definition) is 3. The van der Waals surface area contributed by atoms with Crippen LogP contribution in [0.15, 0.2) is 22.7 Å². The molecule has 0 fully saturated rings. The third-order valence-electron chi connectivity index (χ3n) is 2.87. The van der Waals surface area contributed by atoms with E-state index in [4.69, 9.17) is 11.6 Å². The van der Waals surface area contributed by atoms with Gasteiger partial charge in [-0.2, -0.15) is 0 Å². The van der Waals surface area contributed by atoms with Gasteiger partial charge < -0.3 is 15.3 Å². The van der Waals surface area contributed by atoms with Crippen molar-refractivity contribution in [2.75, 3.05) is 27.2 Å². The van der Waals surface area contributed by atoms with Crippen molar-refractivity contribution in [2.24, 2.45) is 0 Å². The molecule has 2 atom stereocenters. The lowest BCUT2D eigenvalue weighted by molar-refractivity contribution is 0.0317. The summed E-state index contributed by atoms with van der Waals surface area (Å²) in [4.78, 5) is 1.97. The van der Waals surface area contributed by atoms with Crippen LogP contribution in [0.3, 0.4) is 0 Å². The highest BCUT2D eigenvalue weighted by Gasteiger charge is 2.22. The summed E-state index contributed by atoms with van der Waals surface area (Å²) in [7, 11) is 3.90. The van der Waals surface area contributed by atoms with Crippen molar-refractivity contribution in [3.8, 4) is 0 Å². The Morgan fingerprint density at radius 3 is 2.63 bits per heavy atom. The van der Waals surface area contributed by atoms with Gasteiger partial charge in [0.15, 0.2) is 0 Å². The molecule has 2 unspecified atom stereocenters. The number of nitrogens with zero attached hydrogens (tertiary/aromatic N) is 1. The monoisotopic (exact) mass is 348 g/mol. The molecule has 0 aliphatic carbocycles. The molecule has 0 aliphatic heterocycles. The lowest BCUT2D eigenvalue weighted by Crippen LogP contribution is -2.46. The highest BCUT2D eigenvalue weighted by Crippen LogP contribution is 2.26. The molecule has 0 saturated heterocycles. The van der Waals surface area contributed by atoms with Crippen LogP contribution in [0.25, 0.3) is 0 Å². The summed E-state index contributed by atoms with van der Waals surface area (Å²) in [6.07, 6.45) is 0. The number of halogens is 2. The summed E-state index contributed by atoms with van der Waals surface area (Å²) >= 11 is 9.61. The van der Waals surface area contributed by atoms with Gasteiger partial charge in [0.05, 0.1) is 5.60 Å². The summed E-state index contributed by atoms with van der Waals surface area (Å²) in [5.41, 5.74) is 0.269. The second kappa shape index (κ2) is 7.04. The van der Waals surface area contributed by atoms with E-state index in [0.29, 0.717) is 13.1 Å². The maximum absolute atomic E-state index is 10.2. The van der Waals surface area contributed by atoms with Gasteiger partial charge in [0.2, 0.25) is 0 Å². The first-order valence-corrected chi connectivity index (χ1v) is 7.44. The van der Waals surface area contributed by atoms with Crippen molar-refractivity contribution in [3.63, 3.8) is 0 Å². The van der Waals surface area contributed by atoms with Gasteiger partial charge >= 0.3 is 0 Å². The Labute approximate surface area is 129 Å². The van der Waals surface area contributed by atoms with Crippen LogP contribution in [0.1, 0.15) is 25.5 Å². The Hall–Kier alpha value is -0.130. The van der Waals surface area contributed by atoms with E-state index >= 15 is 0 Å². The van der Waals surface area contributed by atoms with Crippen LogP contribution in [0, 0.1) is 0 Å². The fraction of sp³-hybridized carbons (Fsp3) is 0.571. The number of benzene rings is 1. The topological polar surface area (TPSA) is 35.5 Å². The van der Waals surface area contributed by atoms with E-state index in [0.717, 1.165) is 15.1 Å². The van der Waals surface area contributed by atoms with Crippen molar-refractivity contribution in [1.82, 2.24) is 10.2 Å². The van der Waals surface area contributed by atoms with Gasteiger partial charge in [-0.3, -0.25) is 0 Å². The molecule has 5 heteroatoms. The largest absolute Gasteiger partial charge is 0.388 e. The predicted octanol–water partition coefficient (Wildman–Crippen LogP) is 3.07. The second-order valence-corrected chi connectivity index (χ2v) is 6.83. The lowest BCUT2D eigenvalue weighted by Gasteiger charge is -2.29. The van der Waals surface area contributed by atoms with Gasteiger partial charge in [-0.05, 0) is 45.6 Å². The number of nitrogens with one attached hydrogen (secondary N) is 1. The molecular weight excluding hydrogens is 328 g/mol. The number of likely N-dealkylation sites (N-methyl/N-ethyl adjacent to an activating group) is 1.